The smallest absolute Gasteiger partial charge is 0.229 e. The third kappa shape index (κ3) is 4.05. The summed E-state index contributed by atoms with van der Waals surface area (Å²) in [4.78, 5) is 19.0. The Morgan fingerprint density at radius 3 is 2.92 bits per heavy atom. The van der Waals surface area contributed by atoms with Crippen molar-refractivity contribution in [2.24, 2.45) is 5.92 Å². The van der Waals surface area contributed by atoms with Crippen LogP contribution in [-0.2, 0) is 11.5 Å². The van der Waals surface area contributed by atoms with E-state index < -0.39 is 0 Å². The molecule has 7 nitrogen and oxygen atoms in total. The maximum atomic E-state index is 12.6. The SMILES string of the molecule is O=C(Nc1ccc(Br)cn1)C1CCCN(Cn2ncn(C3CC3)c2=S)C1. The Kier molecular flexibility index (Phi) is 5.19. The van der Waals surface area contributed by atoms with Gasteiger partial charge in [-0.3, -0.25) is 9.69 Å². The lowest BCUT2D eigenvalue weighted by atomic mass is 9.97. The molecule has 9 heteroatoms. The summed E-state index contributed by atoms with van der Waals surface area (Å²) >= 11 is 8.88. The molecule has 1 aliphatic heterocycles. The van der Waals surface area contributed by atoms with Crippen molar-refractivity contribution < 1.29 is 4.79 Å². The average molecular weight is 437 g/mol. The number of amides is 1. The van der Waals surface area contributed by atoms with Crippen molar-refractivity contribution in [3.05, 3.63) is 33.9 Å². The summed E-state index contributed by atoms with van der Waals surface area (Å²) in [5, 5.41) is 7.35. The Morgan fingerprint density at radius 2 is 2.19 bits per heavy atom. The molecule has 0 spiro atoms. The lowest BCUT2D eigenvalue weighted by Gasteiger charge is -2.31. The zero-order valence-corrected chi connectivity index (χ0v) is 16.7. The van der Waals surface area contributed by atoms with Gasteiger partial charge in [0.25, 0.3) is 0 Å². The van der Waals surface area contributed by atoms with Crippen molar-refractivity contribution in [3.8, 4) is 0 Å². The molecule has 1 atom stereocenters. The topological polar surface area (TPSA) is 68.0 Å². The number of carbonyl (C=O) groups is 1. The van der Waals surface area contributed by atoms with Gasteiger partial charge in [-0.2, -0.15) is 5.10 Å². The van der Waals surface area contributed by atoms with Gasteiger partial charge in [0.05, 0.1) is 12.6 Å². The van der Waals surface area contributed by atoms with Gasteiger partial charge < -0.3 is 9.88 Å². The van der Waals surface area contributed by atoms with Gasteiger partial charge in [-0.15, -0.1) is 0 Å². The van der Waals surface area contributed by atoms with Crippen molar-refractivity contribution >= 4 is 39.9 Å². The van der Waals surface area contributed by atoms with Gasteiger partial charge in [-0.1, -0.05) is 0 Å². The molecule has 0 radical (unpaired) electrons. The van der Waals surface area contributed by atoms with E-state index in [0.29, 0.717) is 25.1 Å². The summed E-state index contributed by atoms with van der Waals surface area (Å²) in [6, 6.07) is 4.20. The fourth-order valence-corrected chi connectivity index (χ4v) is 3.85. The van der Waals surface area contributed by atoms with E-state index in [0.717, 1.165) is 28.6 Å². The molecule has 138 valence electrons. The van der Waals surface area contributed by atoms with Crippen molar-refractivity contribution in [2.45, 2.75) is 38.4 Å². The number of hydrogen-bond acceptors (Lipinski definition) is 5. The Balaban J connectivity index is 1.37. The van der Waals surface area contributed by atoms with Crippen LogP contribution in [0.25, 0.3) is 0 Å². The highest BCUT2D eigenvalue weighted by Crippen LogP contribution is 2.34. The fraction of sp³-hybridized carbons (Fsp3) is 0.529. The quantitative estimate of drug-likeness (QED) is 0.728. The first-order valence-corrected chi connectivity index (χ1v) is 10.1. The standard InChI is InChI=1S/C17H21BrN6OS/c18-13-3-6-15(19-8-13)21-16(25)12-2-1-7-22(9-12)11-24-17(26)23(10-20-24)14-4-5-14/h3,6,8,10,12,14H,1-2,4-5,7,9,11H2,(H,19,21,25). The first-order valence-electron chi connectivity index (χ1n) is 8.89. The molecule has 2 fully saturated rings. The number of hydrogen-bond donors (Lipinski definition) is 1. The Hall–Kier alpha value is -1.58. The second-order valence-corrected chi connectivity index (χ2v) is 8.24. The van der Waals surface area contributed by atoms with Crippen LogP contribution in [0.15, 0.2) is 29.1 Å². The number of anilines is 1. The van der Waals surface area contributed by atoms with Gasteiger partial charge in [0.15, 0.2) is 4.77 Å². The van der Waals surface area contributed by atoms with E-state index in [9.17, 15) is 4.79 Å². The van der Waals surface area contributed by atoms with Gasteiger partial charge in [0.2, 0.25) is 5.91 Å². The highest BCUT2D eigenvalue weighted by molar-refractivity contribution is 9.10. The number of nitrogens with zero attached hydrogens (tertiary/aromatic N) is 5. The molecule has 2 aliphatic rings. The molecular formula is C17H21BrN6OS. The number of nitrogens with one attached hydrogen (secondary N) is 1. The van der Waals surface area contributed by atoms with Crippen LogP contribution in [0, 0.1) is 10.7 Å². The van der Waals surface area contributed by atoms with Crippen LogP contribution in [0.3, 0.4) is 0 Å². The van der Waals surface area contributed by atoms with Crippen molar-refractivity contribution in [1.82, 2.24) is 24.2 Å². The van der Waals surface area contributed by atoms with Crippen LogP contribution in [0.4, 0.5) is 5.82 Å². The third-order valence-corrected chi connectivity index (χ3v) is 5.78. The molecule has 3 heterocycles. The van der Waals surface area contributed by atoms with Crippen molar-refractivity contribution in [2.75, 3.05) is 18.4 Å². The van der Waals surface area contributed by atoms with E-state index in [2.05, 4.69) is 40.8 Å². The minimum atomic E-state index is -0.0473. The fourth-order valence-electron chi connectivity index (χ4n) is 3.32. The summed E-state index contributed by atoms with van der Waals surface area (Å²) in [6.45, 7) is 2.30. The Labute approximate surface area is 165 Å². The lowest BCUT2D eigenvalue weighted by molar-refractivity contribution is -0.121. The number of piperidine rings is 1. The first kappa shape index (κ1) is 17.8. The first-order chi connectivity index (χ1) is 12.6. The second-order valence-electron chi connectivity index (χ2n) is 6.96. The molecule has 1 saturated carbocycles. The zero-order chi connectivity index (χ0) is 18.1. The number of halogens is 1. The van der Waals surface area contributed by atoms with Gasteiger partial charge >= 0.3 is 0 Å². The summed E-state index contributed by atoms with van der Waals surface area (Å²) in [5.41, 5.74) is 0. The third-order valence-electron chi connectivity index (χ3n) is 4.89. The van der Waals surface area contributed by atoms with Gasteiger partial charge in [-0.25, -0.2) is 9.67 Å². The molecule has 26 heavy (non-hydrogen) atoms. The summed E-state index contributed by atoms with van der Waals surface area (Å²) in [5.74, 6) is 0.561. The largest absolute Gasteiger partial charge is 0.310 e. The van der Waals surface area contributed by atoms with Gasteiger partial charge in [0, 0.05) is 23.3 Å². The predicted molar refractivity (Wildman–Crippen MR) is 104 cm³/mol. The minimum Gasteiger partial charge on any atom is -0.310 e. The van der Waals surface area contributed by atoms with Crippen LogP contribution in [-0.4, -0.2) is 43.2 Å². The van der Waals surface area contributed by atoms with E-state index in [1.54, 1.807) is 12.3 Å². The second kappa shape index (κ2) is 7.58. The number of rotatable bonds is 5. The number of carbonyl (C=O) groups excluding carboxylic acids is 1. The van der Waals surface area contributed by atoms with Gasteiger partial charge in [0.1, 0.15) is 12.1 Å². The van der Waals surface area contributed by atoms with E-state index >= 15 is 0 Å². The van der Waals surface area contributed by atoms with Crippen molar-refractivity contribution in [3.63, 3.8) is 0 Å². The zero-order valence-electron chi connectivity index (χ0n) is 14.3. The number of pyridine rings is 1. The van der Waals surface area contributed by atoms with E-state index in [-0.39, 0.29) is 11.8 Å². The lowest BCUT2D eigenvalue weighted by Crippen LogP contribution is -2.41. The predicted octanol–water partition coefficient (Wildman–Crippen LogP) is 3.21. The van der Waals surface area contributed by atoms with Crippen LogP contribution < -0.4 is 5.32 Å². The molecule has 0 bridgehead atoms. The highest BCUT2D eigenvalue weighted by atomic mass is 79.9. The molecule has 2 aromatic rings. The molecule has 1 saturated heterocycles. The summed E-state index contributed by atoms with van der Waals surface area (Å²) in [6.07, 6.45) is 7.78. The van der Waals surface area contributed by atoms with Gasteiger partial charge in [-0.05, 0) is 72.5 Å². The molecule has 2 aromatic heterocycles. The van der Waals surface area contributed by atoms with Crippen LogP contribution in [0.2, 0.25) is 0 Å². The summed E-state index contributed by atoms with van der Waals surface area (Å²) < 4.78 is 5.62. The minimum absolute atomic E-state index is 0.0247. The van der Waals surface area contributed by atoms with Crippen LogP contribution in [0.5, 0.6) is 0 Å². The molecule has 1 N–H and O–H groups in total. The highest BCUT2D eigenvalue weighted by Gasteiger charge is 2.28. The average Bonchev–Trinajstić information content (AvgIpc) is 3.42. The number of aromatic nitrogens is 4. The van der Waals surface area contributed by atoms with Crippen LogP contribution >= 0.6 is 28.1 Å². The Morgan fingerprint density at radius 1 is 1.35 bits per heavy atom. The maximum absolute atomic E-state index is 12.6. The molecular weight excluding hydrogens is 416 g/mol. The Bertz CT molecular complexity index is 844. The van der Waals surface area contributed by atoms with E-state index in [1.807, 2.05) is 17.1 Å². The maximum Gasteiger partial charge on any atom is 0.229 e. The normalized spacial score (nSPS) is 20.9. The molecule has 1 unspecified atom stereocenters. The van der Waals surface area contributed by atoms with Crippen LogP contribution in [0.1, 0.15) is 31.7 Å². The van der Waals surface area contributed by atoms with Crippen molar-refractivity contribution in [1.29, 1.82) is 0 Å². The van der Waals surface area contributed by atoms with E-state index in [1.165, 1.54) is 12.8 Å². The molecule has 0 aromatic carbocycles. The monoisotopic (exact) mass is 436 g/mol. The number of likely N-dealkylation sites (tertiary alicyclic amines) is 1. The van der Waals surface area contributed by atoms with E-state index in [4.69, 9.17) is 12.2 Å². The molecule has 1 aliphatic carbocycles. The molecule has 1 amide bonds. The summed E-state index contributed by atoms with van der Waals surface area (Å²) in [7, 11) is 0. The molecule has 4 rings (SSSR count).